The SMILES string of the molecule is CCC(=O)C(=O)C(C)(O)O. The fraction of sp³-hybridized carbons (Fsp3) is 0.667. The largest absolute Gasteiger partial charge is 0.360 e. The fourth-order valence-corrected chi connectivity index (χ4v) is 0.425. The molecule has 2 N–H and O–H groups in total. The van der Waals surface area contributed by atoms with Gasteiger partial charge in [0, 0.05) is 6.42 Å². The van der Waals surface area contributed by atoms with Crippen LogP contribution in [0.2, 0.25) is 0 Å². The first-order valence-electron chi connectivity index (χ1n) is 2.92. The normalized spacial score (nSPS) is 11.2. The predicted molar refractivity (Wildman–Crippen MR) is 33.1 cm³/mol. The van der Waals surface area contributed by atoms with Crippen molar-refractivity contribution in [3.05, 3.63) is 0 Å². The predicted octanol–water partition coefficient (Wildman–Crippen LogP) is -0.765. The monoisotopic (exact) mass is 146 g/mol. The van der Waals surface area contributed by atoms with Crippen LogP contribution in [0.3, 0.4) is 0 Å². The fourth-order valence-electron chi connectivity index (χ4n) is 0.425. The number of ketones is 2. The van der Waals surface area contributed by atoms with Crippen molar-refractivity contribution in [2.45, 2.75) is 26.1 Å². The molecule has 0 aliphatic heterocycles. The van der Waals surface area contributed by atoms with Gasteiger partial charge in [-0.2, -0.15) is 0 Å². The molecule has 0 unspecified atom stereocenters. The molecule has 0 spiro atoms. The zero-order chi connectivity index (χ0) is 8.36. The summed E-state index contributed by atoms with van der Waals surface area (Å²) < 4.78 is 0. The number of aliphatic hydroxyl groups is 2. The molecule has 0 rings (SSSR count). The summed E-state index contributed by atoms with van der Waals surface area (Å²) in [6, 6.07) is 0. The van der Waals surface area contributed by atoms with Crippen molar-refractivity contribution in [2.24, 2.45) is 0 Å². The minimum atomic E-state index is -2.51. The van der Waals surface area contributed by atoms with Gasteiger partial charge in [-0.3, -0.25) is 9.59 Å². The molecule has 58 valence electrons. The van der Waals surface area contributed by atoms with Crippen molar-refractivity contribution in [3.63, 3.8) is 0 Å². The maximum absolute atomic E-state index is 10.5. The third-order valence-corrected chi connectivity index (χ3v) is 1.00. The molecule has 0 radical (unpaired) electrons. The van der Waals surface area contributed by atoms with E-state index in [-0.39, 0.29) is 6.42 Å². The molecular formula is C6H10O4. The molecule has 0 fully saturated rings. The molecule has 0 aliphatic rings. The first kappa shape index (κ1) is 9.26. The lowest BCUT2D eigenvalue weighted by Gasteiger charge is -2.11. The summed E-state index contributed by atoms with van der Waals surface area (Å²) in [6.07, 6.45) is -0.00442. The maximum atomic E-state index is 10.5. The van der Waals surface area contributed by atoms with Crippen molar-refractivity contribution in [1.29, 1.82) is 0 Å². The standard InChI is InChI=1S/C6H10O4/c1-3-4(7)5(8)6(2,9)10/h9-10H,3H2,1-2H3. The molecule has 10 heavy (non-hydrogen) atoms. The summed E-state index contributed by atoms with van der Waals surface area (Å²) in [7, 11) is 0. The van der Waals surface area contributed by atoms with Crippen LogP contribution in [0, 0.1) is 0 Å². The zero-order valence-electron chi connectivity index (χ0n) is 5.92. The van der Waals surface area contributed by atoms with Crippen LogP contribution in [0.4, 0.5) is 0 Å². The number of Topliss-reactive ketones (excluding diaryl/α,β-unsaturated/α-hetero) is 2. The molecule has 0 aromatic rings. The van der Waals surface area contributed by atoms with E-state index < -0.39 is 17.4 Å². The second-order valence-corrected chi connectivity index (χ2v) is 2.13. The van der Waals surface area contributed by atoms with Crippen molar-refractivity contribution in [1.82, 2.24) is 0 Å². The van der Waals surface area contributed by atoms with Crippen LogP contribution < -0.4 is 0 Å². The van der Waals surface area contributed by atoms with Crippen LogP contribution >= 0.6 is 0 Å². The van der Waals surface area contributed by atoms with E-state index in [1.165, 1.54) is 6.92 Å². The minimum Gasteiger partial charge on any atom is -0.360 e. The molecule has 0 atom stereocenters. The Balaban J connectivity index is 4.24. The number of carbonyl (C=O) groups is 2. The van der Waals surface area contributed by atoms with Gasteiger partial charge in [-0.15, -0.1) is 0 Å². The van der Waals surface area contributed by atoms with Crippen molar-refractivity contribution < 1.29 is 19.8 Å². The highest BCUT2D eigenvalue weighted by molar-refractivity contribution is 6.39. The molecule has 0 saturated heterocycles. The topological polar surface area (TPSA) is 74.6 Å². The van der Waals surface area contributed by atoms with Crippen LogP contribution in [0.25, 0.3) is 0 Å². The summed E-state index contributed by atoms with van der Waals surface area (Å²) in [5.41, 5.74) is 0. The Morgan fingerprint density at radius 3 is 1.90 bits per heavy atom. The minimum absolute atomic E-state index is 0.00442. The summed E-state index contributed by atoms with van der Waals surface area (Å²) in [5, 5.41) is 17.1. The average Bonchev–Trinajstić information content (AvgIpc) is 1.83. The van der Waals surface area contributed by atoms with Gasteiger partial charge in [-0.1, -0.05) is 6.92 Å². The van der Waals surface area contributed by atoms with Crippen LogP contribution in [0.15, 0.2) is 0 Å². The van der Waals surface area contributed by atoms with E-state index in [2.05, 4.69) is 0 Å². The van der Waals surface area contributed by atoms with Gasteiger partial charge in [0.15, 0.2) is 0 Å². The summed E-state index contributed by atoms with van der Waals surface area (Å²) >= 11 is 0. The van der Waals surface area contributed by atoms with Gasteiger partial charge in [0.05, 0.1) is 0 Å². The van der Waals surface area contributed by atoms with E-state index in [1.807, 2.05) is 0 Å². The Kier molecular flexibility index (Phi) is 2.68. The van der Waals surface area contributed by atoms with E-state index >= 15 is 0 Å². The van der Waals surface area contributed by atoms with E-state index in [1.54, 1.807) is 0 Å². The lowest BCUT2D eigenvalue weighted by atomic mass is 10.1. The van der Waals surface area contributed by atoms with E-state index in [9.17, 15) is 9.59 Å². The summed E-state index contributed by atoms with van der Waals surface area (Å²) in [4.78, 5) is 21.0. The maximum Gasteiger partial charge on any atom is 0.256 e. The van der Waals surface area contributed by atoms with Crippen LogP contribution in [0.5, 0.6) is 0 Å². The van der Waals surface area contributed by atoms with Gasteiger partial charge < -0.3 is 10.2 Å². The number of rotatable bonds is 3. The van der Waals surface area contributed by atoms with E-state index in [0.29, 0.717) is 0 Å². The average molecular weight is 146 g/mol. The summed E-state index contributed by atoms with van der Waals surface area (Å²) in [5.74, 6) is -4.44. The molecular weight excluding hydrogens is 136 g/mol. The van der Waals surface area contributed by atoms with Crippen LogP contribution in [-0.4, -0.2) is 27.6 Å². The Morgan fingerprint density at radius 2 is 1.80 bits per heavy atom. The van der Waals surface area contributed by atoms with Gasteiger partial charge in [0.2, 0.25) is 11.6 Å². The number of carbonyl (C=O) groups excluding carboxylic acids is 2. The Hall–Kier alpha value is -0.740. The van der Waals surface area contributed by atoms with Gasteiger partial charge >= 0.3 is 0 Å². The first-order chi connectivity index (χ1) is 4.39. The smallest absolute Gasteiger partial charge is 0.256 e. The van der Waals surface area contributed by atoms with Crippen molar-refractivity contribution in [2.75, 3.05) is 0 Å². The van der Waals surface area contributed by atoms with Gasteiger partial charge in [0.1, 0.15) is 0 Å². The Morgan fingerprint density at radius 1 is 1.40 bits per heavy atom. The Bertz CT molecular complexity index is 154. The van der Waals surface area contributed by atoms with Crippen LogP contribution in [0.1, 0.15) is 20.3 Å². The Labute approximate surface area is 58.5 Å². The second kappa shape index (κ2) is 2.90. The highest BCUT2D eigenvalue weighted by Crippen LogP contribution is 2.00. The lowest BCUT2D eigenvalue weighted by molar-refractivity contribution is -0.178. The third-order valence-electron chi connectivity index (χ3n) is 1.00. The lowest BCUT2D eigenvalue weighted by Crippen LogP contribution is -2.39. The second-order valence-electron chi connectivity index (χ2n) is 2.13. The zero-order valence-corrected chi connectivity index (χ0v) is 5.92. The summed E-state index contributed by atoms with van der Waals surface area (Å²) in [6.45, 7) is 2.34. The van der Waals surface area contributed by atoms with Crippen molar-refractivity contribution in [3.8, 4) is 0 Å². The molecule has 0 saturated carbocycles. The van der Waals surface area contributed by atoms with Crippen LogP contribution in [-0.2, 0) is 9.59 Å². The molecule has 0 amide bonds. The number of hydrogen-bond acceptors (Lipinski definition) is 4. The van der Waals surface area contributed by atoms with E-state index in [0.717, 1.165) is 6.92 Å². The number of hydrogen-bond donors (Lipinski definition) is 2. The first-order valence-corrected chi connectivity index (χ1v) is 2.92. The highest BCUT2D eigenvalue weighted by atomic mass is 16.5. The molecule has 0 aliphatic carbocycles. The molecule has 0 bridgehead atoms. The third kappa shape index (κ3) is 2.24. The van der Waals surface area contributed by atoms with Gasteiger partial charge in [-0.05, 0) is 6.92 Å². The molecule has 4 heteroatoms. The van der Waals surface area contributed by atoms with E-state index in [4.69, 9.17) is 10.2 Å². The quantitative estimate of drug-likeness (QED) is 0.405. The molecule has 0 aromatic heterocycles. The highest BCUT2D eigenvalue weighted by Gasteiger charge is 2.31. The van der Waals surface area contributed by atoms with Gasteiger partial charge in [0.25, 0.3) is 5.78 Å². The molecule has 4 nitrogen and oxygen atoms in total. The molecule has 0 aromatic carbocycles. The van der Waals surface area contributed by atoms with Crippen molar-refractivity contribution >= 4 is 11.6 Å². The molecule has 0 heterocycles. The van der Waals surface area contributed by atoms with Gasteiger partial charge in [-0.25, -0.2) is 0 Å².